The van der Waals surface area contributed by atoms with Gasteiger partial charge in [-0.2, -0.15) is 5.10 Å². The second kappa shape index (κ2) is 7.85. The first-order valence-corrected chi connectivity index (χ1v) is 8.80. The number of halogens is 1. The molecule has 0 amide bonds. The number of anilines is 1. The van der Waals surface area contributed by atoms with Gasteiger partial charge in [-0.05, 0) is 42.5 Å². The number of aromatic nitrogens is 1. The van der Waals surface area contributed by atoms with Gasteiger partial charge in [-0.15, -0.1) is 10.2 Å². The average Bonchev–Trinajstić information content (AvgIpc) is 3.14. The maximum absolute atomic E-state index is 5.93. The summed E-state index contributed by atoms with van der Waals surface area (Å²) in [4.78, 5) is 3.24. The number of amidine groups is 1. The number of fused-ring (bicyclic) bond motifs is 1. The molecule has 0 bridgehead atoms. The minimum Gasteiger partial charge on any atom is -0.360 e. The number of H-pyrrole nitrogens is 1. The fraction of sp³-hybridized carbons (Fsp3) is 0. The third-order valence-corrected chi connectivity index (χ3v) is 4.23. The largest absolute Gasteiger partial charge is 0.360 e. The lowest BCUT2D eigenvalue weighted by Crippen LogP contribution is -2.00. The Labute approximate surface area is 161 Å². The SMILES string of the molecule is Clc1ccc(N=N/C(=N/Nc2ccccc2)c2c[nH]c3ccccc23)cc1. The molecule has 0 aliphatic heterocycles. The lowest BCUT2D eigenvalue weighted by Gasteiger charge is -2.02. The van der Waals surface area contributed by atoms with E-state index >= 15 is 0 Å². The number of azo groups is 1. The minimum absolute atomic E-state index is 0.478. The van der Waals surface area contributed by atoms with Crippen molar-refractivity contribution in [3.63, 3.8) is 0 Å². The molecule has 0 atom stereocenters. The van der Waals surface area contributed by atoms with Crippen LogP contribution in [0.3, 0.4) is 0 Å². The van der Waals surface area contributed by atoms with Crippen LogP contribution >= 0.6 is 11.6 Å². The highest BCUT2D eigenvalue weighted by Crippen LogP contribution is 2.21. The zero-order valence-corrected chi connectivity index (χ0v) is 15.1. The van der Waals surface area contributed by atoms with Crippen LogP contribution in [0.1, 0.15) is 5.56 Å². The number of para-hydroxylation sites is 2. The van der Waals surface area contributed by atoms with Crippen LogP contribution in [0.4, 0.5) is 11.4 Å². The van der Waals surface area contributed by atoms with Gasteiger partial charge in [0.05, 0.1) is 11.4 Å². The summed E-state index contributed by atoms with van der Waals surface area (Å²) in [5.74, 6) is 0.478. The number of rotatable bonds is 4. The van der Waals surface area contributed by atoms with Gasteiger partial charge >= 0.3 is 0 Å². The van der Waals surface area contributed by atoms with E-state index in [0.717, 1.165) is 22.2 Å². The van der Waals surface area contributed by atoms with Gasteiger partial charge in [0.1, 0.15) is 0 Å². The van der Waals surface area contributed by atoms with Crippen LogP contribution in [0.2, 0.25) is 5.02 Å². The fourth-order valence-corrected chi connectivity index (χ4v) is 2.76. The molecule has 0 saturated heterocycles. The predicted octanol–water partition coefficient (Wildman–Crippen LogP) is 6.38. The Morgan fingerprint density at radius 3 is 2.41 bits per heavy atom. The van der Waals surface area contributed by atoms with Crippen molar-refractivity contribution in [1.29, 1.82) is 0 Å². The Morgan fingerprint density at radius 1 is 0.852 bits per heavy atom. The van der Waals surface area contributed by atoms with Crippen molar-refractivity contribution in [3.05, 3.63) is 95.6 Å². The molecular formula is C21H16ClN5. The highest BCUT2D eigenvalue weighted by atomic mass is 35.5. The number of hydrogen-bond donors (Lipinski definition) is 2. The first-order chi connectivity index (χ1) is 13.3. The molecule has 4 aromatic rings. The zero-order chi connectivity index (χ0) is 18.5. The normalized spacial score (nSPS) is 12.0. The highest BCUT2D eigenvalue weighted by Gasteiger charge is 2.10. The molecule has 4 rings (SSSR count). The number of aromatic amines is 1. The quantitative estimate of drug-likeness (QED) is 0.185. The van der Waals surface area contributed by atoms with Crippen molar-refractivity contribution in [2.24, 2.45) is 15.3 Å². The van der Waals surface area contributed by atoms with Crippen molar-refractivity contribution in [2.45, 2.75) is 0 Å². The minimum atomic E-state index is 0.478. The van der Waals surface area contributed by atoms with E-state index in [4.69, 9.17) is 11.6 Å². The number of nitrogens with one attached hydrogen (secondary N) is 2. The van der Waals surface area contributed by atoms with Crippen molar-refractivity contribution in [1.82, 2.24) is 4.98 Å². The molecule has 0 unspecified atom stereocenters. The molecule has 27 heavy (non-hydrogen) atoms. The van der Waals surface area contributed by atoms with Crippen LogP contribution < -0.4 is 5.43 Å². The first kappa shape index (κ1) is 17.0. The molecule has 0 aliphatic carbocycles. The Bertz CT molecular complexity index is 1100. The lowest BCUT2D eigenvalue weighted by atomic mass is 10.1. The van der Waals surface area contributed by atoms with Crippen molar-refractivity contribution < 1.29 is 0 Å². The van der Waals surface area contributed by atoms with E-state index < -0.39 is 0 Å². The van der Waals surface area contributed by atoms with Gasteiger partial charge in [0.2, 0.25) is 5.84 Å². The van der Waals surface area contributed by atoms with Gasteiger partial charge in [0.15, 0.2) is 0 Å². The predicted molar refractivity (Wildman–Crippen MR) is 111 cm³/mol. The van der Waals surface area contributed by atoms with E-state index in [0.29, 0.717) is 16.5 Å². The van der Waals surface area contributed by atoms with Crippen LogP contribution in [0.5, 0.6) is 0 Å². The number of hydrogen-bond acceptors (Lipinski definition) is 3. The van der Waals surface area contributed by atoms with E-state index in [-0.39, 0.29) is 0 Å². The Kier molecular flexibility index (Phi) is 4.94. The standard InChI is InChI=1S/C21H16ClN5/c22-15-10-12-17(13-11-15)25-27-21(26-24-16-6-2-1-3-7-16)19-14-23-20-9-5-4-8-18(19)20/h1-14,23-24H/b26-21+,27-25?. The molecule has 0 radical (unpaired) electrons. The molecule has 0 saturated carbocycles. The summed E-state index contributed by atoms with van der Waals surface area (Å²) in [7, 11) is 0. The Morgan fingerprint density at radius 2 is 1.59 bits per heavy atom. The third-order valence-electron chi connectivity index (χ3n) is 3.98. The Balaban J connectivity index is 1.71. The number of nitrogens with zero attached hydrogens (tertiary/aromatic N) is 3. The number of benzene rings is 3. The van der Waals surface area contributed by atoms with Gasteiger partial charge in [-0.25, -0.2) is 0 Å². The smallest absolute Gasteiger partial charge is 0.203 e. The summed E-state index contributed by atoms with van der Waals surface area (Å²) in [6.07, 6.45) is 1.89. The molecular weight excluding hydrogens is 358 g/mol. The van der Waals surface area contributed by atoms with Gasteiger partial charge < -0.3 is 4.98 Å². The molecule has 132 valence electrons. The second-order valence-corrected chi connectivity index (χ2v) is 6.27. The summed E-state index contributed by atoms with van der Waals surface area (Å²) in [6.45, 7) is 0. The van der Waals surface area contributed by atoms with Gasteiger partial charge in [-0.1, -0.05) is 48.0 Å². The van der Waals surface area contributed by atoms with Crippen molar-refractivity contribution in [2.75, 3.05) is 5.43 Å². The van der Waals surface area contributed by atoms with E-state index in [9.17, 15) is 0 Å². The lowest BCUT2D eigenvalue weighted by molar-refractivity contribution is 1.22. The van der Waals surface area contributed by atoms with Crippen LogP contribution in [0.15, 0.2) is 100 Å². The van der Waals surface area contributed by atoms with Gasteiger partial charge in [0, 0.05) is 27.7 Å². The molecule has 0 aliphatic rings. The average molecular weight is 374 g/mol. The molecule has 0 fully saturated rings. The zero-order valence-electron chi connectivity index (χ0n) is 14.3. The molecule has 2 N–H and O–H groups in total. The van der Waals surface area contributed by atoms with E-state index in [2.05, 4.69) is 25.7 Å². The van der Waals surface area contributed by atoms with Crippen LogP contribution in [0.25, 0.3) is 10.9 Å². The molecule has 0 spiro atoms. The maximum Gasteiger partial charge on any atom is 0.203 e. The van der Waals surface area contributed by atoms with Gasteiger partial charge in [0.25, 0.3) is 0 Å². The summed E-state index contributed by atoms with van der Waals surface area (Å²) in [5.41, 5.74) is 6.50. The van der Waals surface area contributed by atoms with Crippen LogP contribution in [-0.4, -0.2) is 10.8 Å². The molecule has 3 aromatic carbocycles. The summed E-state index contributed by atoms with van der Waals surface area (Å²) in [6, 6.07) is 24.9. The number of hydrazone groups is 1. The van der Waals surface area contributed by atoms with E-state index in [1.165, 1.54) is 0 Å². The van der Waals surface area contributed by atoms with Gasteiger partial charge in [-0.3, -0.25) is 5.43 Å². The molecule has 1 aromatic heterocycles. The van der Waals surface area contributed by atoms with Crippen molar-refractivity contribution in [3.8, 4) is 0 Å². The first-order valence-electron chi connectivity index (χ1n) is 8.42. The highest BCUT2D eigenvalue weighted by molar-refractivity contribution is 6.30. The van der Waals surface area contributed by atoms with E-state index in [1.54, 1.807) is 12.1 Å². The summed E-state index contributed by atoms with van der Waals surface area (Å²) >= 11 is 5.93. The molecule has 6 heteroatoms. The topological polar surface area (TPSA) is 64.9 Å². The summed E-state index contributed by atoms with van der Waals surface area (Å²) < 4.78 is 0. The molecule has 5 nitrogen and oxygen atoms in total. The van der Waals surface area contributed by atoms with E-state index in [1.807, 2.05) is 72.9 Å². The third kappa shape index (κ3) is 4.04. The van der Waals surface area contributed by atoms with Crippen molar-refractivity contribution >= 4 is 39.7 Å². The second-order valence-electron chi connectivity index (χ2n) is 5.84. The Hall–Kier alpha value is -3.44. The maximum atomic E-state index is 5.93. The van der Waals surface area contributed by atoms with Crippen LogP contribution in [0, 0.1) is 0 Å². The fourth-order valence-electron chi connectivity index (χ4n) is 2.64. The summed E-state index contributed by atoms with van der Waals surface area (Å²) in [5, 5.41) is 14.9. The molecule has 1 heterocycles. The monoisotopic (exact) mass is 373 g/mol. The van der Waals surface area contributed by atoms with Crippen LogP contribution in [-0.2, 0) is 0 Å².